The van der Waals surface area contributed by atoms with Crippen LogP contribution in [0, 0.1) is 0 Å². The van der Waals surface area contributed by atoms with Gasteiger partial charge >= 0.3 is 5.97 Å². The van der Waals surface area contributed by atoms with E-state index in [1.807, 2.05) is 0 Å². The minimum atomic E-state index is -0.924. The summed E-state index contributed by atoms with van der Waals surface area (Å²) in [6, 6.07) is 3.07. The molecular formula is C7H7ClLiN2O2. The summed E-state index contributed by atoms with van der Waals surface area (Å²) in [6.45, 7) is 1.54. The molecule has 0 fully saturated rings. The van der Waals surface area contributed by atoms with Gasteiger partial charge in [0.15, 0.2) is 5.15 Å². The zero-order chi connectivity index (χ0) is 9.14. The van der Waals surface area contributed by atoms with Crippen molar-refractivity contribution < 1.29 is 9.90 Å². The van der Waals surface area contributed by atoms with Gasteiger partial charge in [0.05, 0.1) is 11.6 Å². The first-order chi connectivity index (χ1) is 5.61. The quantitative estimate of drug-likeness (QED) is 0.710. The topological polar surface area (TPSA) is 63.1 Å². The van der Waals surface area contributed by atoms with Gasteiger partial charge in [0.25, 0.3) is 0 Å². The first-order valence-electron chi connectivity index (χ1n) is 3.33. The van der Waals surface area contributed by atoms with E-state index in [2.05, 4.69) is 10.2 Å². The van der Waals surface area contributed by atoms with Crippen LogP contribution in [0.2, 0.25) is 5.15 Å². The number of aliphatic carboxylic acids is 1. The molecule has 65 valence electrons. The number of carbonyl (C=O) groups is 1. The average molecular weight is 194 g/mol. The fourth-order valence-corrected chi connectivity index (χ4v) is 0.785. The summed E-state index contributed by atoms with van der Waals surface area (Å²) < 4.78 is 0. The van der Waals surface area contributed by atoms with E-state index < -0.39 is 11.9 Å². The van der Waals surface area contributed by atoms with E-state index in [0.717, 1.165) is 0 Å². The van der Waals surface area contributed by atoms with Crippen LogP contribution in [0.15, 0.2) is 12.1 Å². The molecule has 0 amide bonds. The van der Waals surface area contributed by atoms with Gasteiger partial charge in [-0.25, -0.2) is 0 Å². The van der Waals surface area contributed by atoms with Gasteiger partial charge in [-0.05, 0) is 19.1 Å². The molecule has 0 bridgehead atoms. The summed E-state index contributed by atoms with van der Waals surface area (Å²) in [7, 11) is 0. The van der Waals surface area contributed by atoms with Crippen LogP contribution in [0.4, 0.5) is 0 Å². The van der Waals surface area contributed by atoms with Gasteiger partial charge in [-0.2, -0.15) is 5.10 Å². The van der Waals surface area contributed by atoms with Gasteiger partial charge in [-0.1, -0.05) is 11.6 Å². The van der Waals surface area contributed by atoms with Crippen LogP contribution in [-0.2, 0) is 4.79 Å². The number of carboxylic acids is 1. The monoisotopic (exact) mass is 193 g/mol. The van der Waals surface area contributed by atoms with Gasteiger partial charge in [0.1, 0.15) is 0 Å². The van der Waals surface area contributed by atoms with Crippen LogP contribution in [0.5, 0.6) is 0 Å². The largest absolute Gasteiger partial charge is 0.481 e. The number of rotatable bonds is 2. The second-order valence-corrected chi connectivity index (χ2v) is 2.73. The standard InChI is InChI=1S/C7H7ClN2O2.Li/c1-4(7(11)12)5-2-3-6(8)10-9-5;/h2-4H,1H3,(H,11,12);. The van der Waals surface area contributed by atoms with Gasteiger partial charge in [0, 0.05) is 18.9 Å². The normalized spacial score (nSPS) is 11.5. The third-order valence-electron chi connectivity index (χ3n) is 1.47. The molecule has 1 aromatic heterocycles. The van der Waals surface area contributed by atoms with E-state index in [-0.39, 0.29) is 24.0 Å². The van der Waals surface area contributed by atoms with Crippen LogP contribution in [0.1, 0.15) is 18.5 Å². The summed E-state index contributed by atoms with van der Waals surface area (Å²) in [5.74, 6) is -1.57. The predicted molar refractivity (Wildman–Crippen MR) is 48.8 cm³/mol. The van der Waals surface area contributed by atoms with Crippen LogP contribution in [0.3, 0.4) is 0 Å². The van der Waals surface area contributed by atoms with Gasteiger partial charge < -0.3 is 5.11 Å². The van der Waals surface area contributed by atoms with Crippen molar-refractivity contribution in [3.8, 4) is 0 Å². The molecule has 1 heterocycles. The van der Waals surface area contributed by atoms with E-state index in [1.54, 1.807) is 13.0 Å². The van der Waals surface area contributed by atoms with Crippen molar-refractivity contribution in [3.63, 3.8) is 0 Å². The molecule has 0 spiro atoms. The van der Waals surface area contributed by atoms with E-state index in [1.165, 1.54) is 6.07 Å². The number of aromatic nitrogens is 2. The number of hydrogen-bond acceptors (Lipinski definition) is 3. The predicted octanol–water partition coefficient (Wildman–Crippen LogP) is 0.937. The molecule has 1 aromatic rings. The summed E-state index contributed by atoms with van der Waals surface area (Å²) in [6.07, 6.45) is 0. The average Bonchev–Trinajstić information content (AvgIpc) is 2.04. The van der Waals surface area contributed by atoms with Crippen molar-refractivity contribution in [1.82, 2.24) is 10.2 Å². The molecule has 6 heteroatoms. The Morgan fingerprint density at radius 1 is 1.54 bits per heavy atom. The molecule has 1 unspecified atom stereocenters. The van der Waals surface area contributed by atoms with Crippen molar-refractivity contribution in [2.24, 2.45) is 0 Å². The zero-order valence-corrected chi connectivity index (χ0v) is 8.12. The Bertz CT molecular complexity index is 291. The Hall–Kier alpha value is -0.563. The molecule has 0 aliphatic carbocycles. The number of nitrogens with zero attached hydrogens (tertiary/aromatic N) is 2. The second-order valence-electron chi connectivity index (χ2n) is 2.34. The van der Waals surface area contributed by atoms with E-state index in [9.17, 15) is 4.79 Å². The fourth-order valence-electron chi connectivity index (χ4n) is 0.684. The third kappa shape index (κ3) is 3.35. The van der Waals surface area contributed by atoms with Crippen molar-refractivity contribution in [2.75, 3.05) is 0 Å². The molecule has 4 nitrogen and oxygen atoms in total. The second kappa shape index (κ2) is 5.23. The molecule has 1 N–H and O–H groups in total. The Labute approximate surface area is 92.5 Å². The van der Waals surface area contributed by atoms with Crippen molar-refractivity contribution in [3.05, 3.63) is 23.0 Å². The molecule has 0 aliphatic heterocycles. The molecule has 0 aromatic carbocycles. The van der Waals surface area contributed by atoms with E-state index in [0.29, 0.717) is 5.69 Å². The minimum absolute atomic E-state index is 0. The molecule has 1 rings (SSSR count). The van der Waals surface area contributed by atoms with Gasteiger partial charge in [-0.15, -0.1) is 5.10 Å². The minimum Gasteiger partial charge on any atom is -0.481 e. The summed E-state index contributed by atoms with van der Waals surface area (Å²) >= 11 is 5.47. The van der Waals surface area contributed by atoms with Crippen molar-refractivity contribution in [1.29, 1.82) is 0 Å². The molecule has 0 saturated carbocycles. The third-order valence-corrected chi connectivity index (χ3v) is 1.67. The van der Waals surface area contributed by atoms with Crippen LogP contribution >= 0.6 is 11.6 Å². The SMILES string of the molecule is CC(C(=O)O)c1ccc(Cl)nn1.[Li]. The van der Waals surface area contributed by atoms with Crippen LogP contribution in [-0.4, -0.2) is 40.1 Å². The van der Waals surface area contributed by atoms with Crippen molar-refractivity contribution in [2.45, 2.75) is 12.8 Å². The number of carboxylic acid groups (broad SMARTS) is 1. The summed E-state index contributed by atoms with van der Waals surface area (Å²) in [4.78, 5) is 10.5. The molecule has 1 radical (unpaired) electrons. The molecular weight excluding hydrogens is 186 g/mol. The zero-order valence-electron chi connectivity index (χ0n) is 7.36. The maximum absolute atomic E-state index is 10.5. The van der Waals surface area contributed by atoms with E-state index in [4.69, 9.17) is 16.7 Å². The maximum Gasteiger partial charge on any atom is 0.312 e. The fraction of sp³-hybridized carbons (Fsp3) is 0.286. The smallest absolute Gasteiger partial charge is 0.312 e. The Balaban J connectivity index is 0.00000144. The maximum atomic E-state index is 10.5. The molecule has 13 heavy (non-hydrogen) atoms. The Kier molecular flexibility index (Phi) is 5.00. The van der Waals surface area contributed by atoms with Crippen LogP contribution < -0.4 is 0 Å². The van der Waals surface area contributed by atoms with Crippen molar-refractivity contribution >= 4 is 36.4 Å². The Morgan fingerprint density at radius 3 is 2.54 bits per heavy atom. The molecule has 0 aliphatic rings. The number of halogens is 1. The van der Waals surface area contributed by atoms with E-state index >= 15 is 0 Å². The summed E-state index contributed by atoms with van der Waals surface area (Å²) in [5.41, 5.74) is 0.409. The van der Waals surface area contributed by atoms with Gasteiger partial charge in [0.2, 0.25) is 0 Å². The first-order valence-corrected chi connectivity index (χ1v) is 3.71. The first kappa shape index (κ1) is 12.4. The Morgan fingerprint density at radius 2 is 2.15 bits per heavy atom. The number of hydrogen-bond donors (Lipinski definition) is 1. The molecule has 0 saturated heterocycles. The van der Waals surface area contributed by atoms with Crippen LogP contribution in [0.25, 0.3) is 0 Å². The molecule has 1 atom stereocenters. The van der Waals surface area contributed by atoms with Gasteiger partial charge in [-0.3, -0.25) is 4.79 Å². The summed E-state index contributed by atoms with van der Waals surface area (Å²) in [5, 5.41) is 16.0.